The molecule has 1 aliphatic rings. The van der Waals surface area contributed by atoms with E-state index in [4.69, 9.17) is 5.11 Å². The number of urea groups is 1. The van der Waals surface area contributed by atoms with E-state index in [1.165, 1.54) is 6.07 Å². The molecule has 1 saturated carbocycles. The number of aryl methyl sites for hydroxylation is 1. The number of anilines is 1. The van der Waals surface area contributed by atoms with E-state index in [-0.39, 0.29) is 12.2 Å². The number of carbonyl (C=O) groups is 2. The van der Waals surface area contributed by atoms with Crippen LogP contribution in [0.15, 0.2) is 18.2 Å². The number of carbonyl (C=O) groups excluding carboxylic acids is 1. The maximum atomic E-state index is 13.5. The van der Waals surface area contributed by atoms with Crippen molar-refractivity contribution in [3.63, 3.8) is 0 Å². The molecule has 0 saturated heterocycles. The molecule has 0 aromatic heterocycles. The molecule has 6 heteroatoms. The molecule has 1 fully saturated rings. The number of amides is 2. The lowest BCUT2D eigenvalue weighted by Crippen LogP contribution is -2.37. The first-order valence-corrected chi connectivity index (χ1v) is 5.98. The minimum atomic E-state index is -0.908. The van der Waals surface area contributed by atoms with Crippen molar-refractivity contribution in [2.24, 2.45) is 5.41 Å². The van der Waals surface area contributed by atoms with Crippen molar-refractivity contribution in [3.8, 4) is 0 Å². The summed E-state index contributed by atoms with van der Waals surface area (Å²) in [5.41, 5.74) is -0.114. The number of carboxylic acid groups (broad SMARTS) is 1. The van der Waals surface area contributed by atoms with E-state index in [0.717, 1.165) is 0 Å². The second-order valence-electron chi connectivity index (χ2n) is 4.82. The summed E-state index contributed by atoms with van der Waals surface area (Å²) in [6.07, 6.45) is 1.11. The molecular formula is C13H15FN2O3. The van der Waals surface area contributed by atoms with Gasteiger partial charge in [-0.2, -0.15) is 0 Å². The van der Waals surface area contributed by atoms with Crippen molar-refractivity contribution in [1.29, 1.82) is 0 Å². The summed E-state index contributed by atoms with van der Waals surface area (Å²) in [6, 6.07) is 3.89. The maximum Gasteiger partial charge on any atom is 0.319 e. The Balaban J connectivity index is 1.93. The van der Waals surface area contributed by atoms with Crippen molar-refractivity contribution in [1.82, 2.24) is 5.32 Å². The van der Waals surface area contributed by atoms with Crippen molar-refractivity contribution in [2.75, 3.05) is 11.9 Å². The predicted octanol–water partition coefficient (Wildman–Crippen LogP) is 2.12. The summed E-state index contributed by atoms with van der Waals surface area (Å²) in [7, 11) is 0. The standard InChI is InChI=1S/C13H15FN2O3/c1-8-3-2-4-9(14)10(8)16-12(19)15-7-13(5-6-13)11(17)18/h2-4H,5-7H2,1H3,(H,17,18)(H2,15,16,19). The first kappa shape index (κ1) is 13.3. The fraction of sp³-hybridized carbons (Fsp3) is 0.385. The van der Waals surface area contributed by atoms with Crippen molar-refractivity contribution in [2.45, 2.75) is 19.8 Å². The van der Waals surface area contributed by atoms with E-state index >= 15 is 0 Å². The molecule has 102 valence electrons. The van der Waals surface area contributed by atoms with Crippen LogP contribution in [0.5, 0.6) is 0 Å². The molecule has 0 heterocycles. The number of rotatable bonds is 4. The summed E-state index contributed by atoms with van der Waals surface area (Å²) in [5, 5.41) is 13.8. The Hall–Kier alpha value is -2.11. The zero-order chi connectivity index (χ0) is 14.0. The Morgan fingerprint density at radius 3 is 2.63 bits per heavy atom. The van der Waals surface area contributed by atoms with Crippen molar-refractivity contribution >= 4 is 17.7 Å². The molecule has 1 aromatic rings. The Morgan fingerprint density at radius 2 is 2.11 bits per heavy atom. The number of halogens is 1. The second kappa shape index (κ2) is 4.87. The fourth-order valence-corrected chi connectivity index (χ4v) is 1.81. The van der Waals surface area contributed by atoms with E-state index in [9.17, 15) is 14.0 Å². The number of benzene rings is 1. The number of hydrogen-bond acceptors (Lipinski definition) is 2. The topological polar surface area (TPSA) is 78.4 Å². The minimum absolute atomic E-state index is 0.0572. The van der Waals surface area contributed by atoms with E-state index < -0.39 is 23.2 Å². The first-order chi connectivity index (χ1) is 8.94. The quantitative estimate of drug-likeness (QED) is 0.781. The third kappa shape index (κ3) is 2.83. The third-order valence-electron chi connectivity index (χ3n) is 3.36. The SMILES string of the molecule is Cc1cccc(F)c1NC(=O)NCC1(C(=O)O)CC1. The molecular weight excluding hydrogens is 251 g/mol. The third-order valence-corrected chi connectivity index (χ3v) is 3.36. The van der Waals surface area contributed by atoms with Crippen LogP contribution in [-0.2, 0) is 4.79 Å². The molecule has 0 atom stereocenters. The van der Waals surface area contributed by atoms with Gasteiger partial charge in [0.05, 0.1) is 11.1 Å². The van der Waals surface area contributed by atoms with Crippen LogP contribution in [0.1, 0.15) is 18.4 Å². The monoisotopic (exact) mass is 266 g/mol. The van der Waals surface area contributed by atoms with Crippen LogP contribution in [0.25, 0.3) is 0 Å². The summed E-state index contributed by atoms with van der Waals surface area (Å²) >= 11 is 0. The van der Waals surface area contributed by atoms with Crippen LogP contribution in [0.4, 0.5) is 14.9 Å². The summed E-state index contributed by atoms with van der Waals surface area (Å²) in [5.74, 6) is -1.43. The van der Waals surface area contributed by atoms with Crippen LogP contribution in [0, 0.1) is 18.2 Å². The van der Waals surface area contributed by atoms with Gasteiger partial charge in [0, 0.05) is 6.54 Å². The number of nitrogens with one attached hydrogen (secondary N) is 2. The highest BCUT2D eigenvalue weighted by Crippen LogP contribution is 2.45. The van der Waals surface area contributed by atoms with E-state index in [2.05, 4.69) is 10.6 Å². The van der Waals surface area contributed by atoms with E-state index in [0.29, 0.717) is 18.4 Å². The maximum absolute atomic E-state index is 13.5. The Bertz CT molecular complexity index is 506. The summed E-state index contributed by atoms with van der Waals surface area (Å²) in [6.45, 7) is 1.74. The van der Waals surface area contributed by atoms with Gasteiger partial charge in [-0.15, -0.1) is 0 Å². The van der Waals surface area contributed by atoms with Gasteiger partial charge in [0.2, 0.25) is 0 Å². The Morgan fingerprint density at radius 1 is 1.42 bits per heavy atom. The molecule has 1 aromatic carbocycles. The molecule has 5 nitrogen and oxygen atoms in total. The Labute approximate surface area is 109 Å². The fourth-order valence-electron chi connectivity index (χ4n) is 1.81. The summed E-state index contributed by atoms with van der Waals surface area (Å²) in [4.78, 5) is 22.6. The van der Waals surface area contributed by atoms with Gasteiger partial charge in [0.25, 0.3) is 0 Å². The van der Waals surface area contributed by atoms with Gasteiger partial charge in [-0.05, 0) is 31.4 Å². The van der Waals surface area contributed by atoms with Gasteiger partial charge in [0.1, 0.15) is 5.82 Å². The molecule has 0 aliphatic heterocycles. The van der Waals surface area contributed by atoms with Gasteiger partial charge < -0.3 is 15.7 Å². The van der Waals surface area contributed by atoms with Crippen LogP contribution in [-0.4, -0.2) is 23.7 Å². The zero-order valence-electron chi connectivity index (χ0n) is 10.5. The average Bonchev–Trinajstić information content (AvgIpc) is 3.13. The van der Waals surface area contributed by atoms with E-state index in [1.807, 2.05) is 0 Å². The lowest BCUT2D eigenvalue weighted by Gasteiger charge is -2.13. The second-order valence-corrected chi connectivity index (χ2v) is 4.82. The average molecular weight is 266 g/mol. The number of hydrogen-bond donors (Lipinski definition) is 3. The van der Waals surface area contributed by atoms with Gasteiger partial charge in [-0.3, -0.25) is 4.79 Å². The van der Waals surface area contributed by atoms with Crippen LogP contribution in [0.3, 0.4) is 0 Å². The van der Waals surface area contributed by atoms with Gasteiger partial charge in [-0.1, -0.05) is 12.1 Å². The molecule has 0 radical (unpaired) electrons. The highest BCUT2D eigenvalue weighted by atomic mass is 19.1. The molecule has 0 spiro atoms. The van der Waals surface area contributed by atoms with Gasteiger partial charge >= 0.3 is 12.0 Å². The molecule has 0 bridgehead atoms. The van der Waals surface area contributed by atoms with Crippen molar-refractivity contribution < 1.29 is 19.1 Å². The minimum Gasteiger partial charge on any atom is -0.481 e. The molecule has 2 amide bonds. The normalized spacial score (nSPS) is 15.7. The van der Waals surface area contributed by atoms with Crippen LogP contribution in [0.2, 0.25) is 0 Å². The first-order valence-electron chi connectivity index (χ1n) is 5.98. The lowest BCUT2D eigenvalue weighted by molar-refractivity contribution is -0.143. The van der Waals surface area contributed by atoms with Crippen LogP contribution >= 0.6 is 0 Å². The summed E-state index contributed by atoms with van der Waals surface area (Å²) < 4.78 is 13.5. The van der Waals surface area contributed by atoms with E-state index in [1.54, 1.807) is 19.1 Å². The molecule has 3 N–H and O–H groups in total. The Kier molecular flexibility index (Phi) is 3.42. The van der Waals surface area contributed by atoms with Crippen LogP contribution < -0.4 is 10.6 Å². The van der Waals surface area contributed by atoms with Gasteiger partial charge in [-0.25, -0.2) is 9.18 Å². The number of carboxylic acids is 1. The number of para-hydroxylation sites is 1. The highest BCUT2D eigenvalue weighted by molar-refractivity contribution is 5.90. The highest BCUT2D eigenvalue weighted by Gasteiger charge is 2.50. The molecule has 0 unspecified atom stereocenters. The lowest BCUT2D eigenvalue weighted by atomic mass is 10.1. The smallest absolute Gasteiger partial charge is 0.319 e. The predicted molar refractivity (Wildman–Crippen MR) is 67.5 cm³/mol. The molecule has 1 aliphatic carbocycles. The van der Waals surface area contributed by atoms with Crippen molar-refractivity contribution in [3.05, 3.63) is 29.6 Å². The zero-order valence-corrected chi connectivity index (χ0v) is 10.5. The largest absolute Gasteiger partial charge is 0.481 e. The molecule has 19 heavy (non-hydrogen) atoms. The number of aliphatic carboxylic acids is 1. The molecule has 2 rings (SSSR count). The van der Waals surface area contributed by atoms with Gasteiger partial charge in [0.15, 0.2) is 0 Å².